The van der Waals surface area contributed by atoms with Gasteiger partial charge in [-0.2, -0.15) is 5.10 Å². The summed E-state index contributed by atoms with van der Waals surface area (Å²) < 4.78 is 0. The molecule has 0 radical (unpaired) electrons. The molecular weight excluding hydrogens is 216 g/mol. The summed E-state index contributed by atoms with van der Waals surface area (Å²) in [4.78, 5) is 14.1. The predicted octanol–water partition coefficient (Wildman–Crippen LogP) is 1.01. The Morgan fingerprint density at radius 3 is 3.12 bits per heavy atom. The third-order valence-electron chi connectivity index (χ3n) is 3.12. The fraction of sp³-hybridized carbons (Fsp3) is 0.667. The molecule has 17 heavy (non-hydrogen) atoms. The topological polar surface area (TPSA) is 61.0 Å². The van der Waals surface area contributed by atoms with E-state index in [9.17, 15) is 4.79 Å². The first-order valence-electron chi connectivity index (χ1n) is 6.33. The van der Waals surface area contributed by atoms with E-state index >= 15 is 0 Å². The molecule has 1 unspecified atom stereocenters. The molecule has 2 N–H and O–H groups in total. The van der Waals surface area contributed by atoms with E-state index < -0.39 is 0 Å². The molecule has 1 aliphatic rings. The molecule has 1 saturated heterocycles. The molecule has 0 aromatic carbocycles. The van der Waals surface area contributed by atoms with Crippen molar-refractivity contribution < 1.29 is 4.79 Å². The average molecular weight is 236 g/mol. The van der Waals surface area contributed by atoms with E-state index in [2.05, 4.69) is 22.4 Å². The van der Waals surface area contributed by atoms with E-state index in [4.69, 9.17) is 0 Å². The maximum atomic E-state index is 12.2. The average Bonchev–Trinajstić information content (AvgIpc) is 3.00. The number of aromatic amines is 1. The Morgan fingerprint density at radius 1 is 1.65 bits per heavy atom. The van der Waals surface area contributed by atoms with Crippen LogP contribution in [0.15, 0.2) is 12.3 Å². The Bertz CT molecular complexity index is 343. The molecule has 5 nitrogen and oxygen atoms in total. The highest BCUT2D eigenvalue weighted by molar-refractivity contribution is 5.92. The standard InChI is InChI=1S/C12H20N4O/c1-2-8-16(9-10-4-3-6-13-10)12(17)11-5-7-14-15-11/h5,7,10,13H,2-4,6,8-9H2,1H3,(H,14,15). The van der Waals surface area contributed by atoms with Crippen LogP contribution >= 0.6 is 0 Å². The fourth-order valence-electron chi connectivity index (χ4n) is 2.27. The van der Waals surface area contributed by atoms with Crippen molar-refractivity contribution in [3.63, 3.8) is 0 Å². The number of hydrogen-bond donors (Lipinski definition) is 2. The molecule has 0 aliphatic carbocycles. The lowest BCUT2D eigenvalue weighted by molar-refractivity contribution is 0.0736. The first-order chi connectivity index (χ1) is 8.31. The number of nitrogens with one attached hydrogen (secondary N) is 2. The maximum absolute atomic E-state index is 12.2. The summed E-state index contributed by atoms with van der Waals surface area (Å²) in [6.45, 7) is 4.76. The zero-order valence-corrected chi connectivity index (χ0v) is 10.3. The summed E-state index contributed by atoms with van der Waals surface area (Å²) in [6.07, 6.45) is 4.97. The maximum Gasteiger partial charge on any atom is 0.271 e. The van der Waals surface area contributed by atoms with Gasteiger partial charge in [-0.1, -0.05) is 6.92 Å². The number of H-pyrrole nitrogens is 1. The predicted molar refractivity (Wildman–Crippen MR) is 65.8 cm³/mol. The molecule has 2 heterocycles. The molecule has 1 aromatic rings. The second-order valence-electron chi connectivity index (χ2n) is 4.51. The van der Waals surface area contributed by atoms with Crippen LogP contribution in [-0.4, -0.2) is 46.7 Å². The van der Waals surface area contributed by atoms with Gasteiger partial charge in [0.25, 0.3) is 5.91 Å². The van der Waals surface area contributed by atoms with Crippen LogP contribution in [0.25, 0.3) is 0 Å². The SMILES string of the molecule is CCCN(CC1CCCN1)C(=O)c1ccn[nH]1. The third kappa shape index (κ3) is 3.06. The van der Waals surface area contributed by atoms with E-state index in [1.54, 1.807) is 12.3 Å². The minimum Gasteiger partial charge on any atom is -0.336 e. The quantitative estimate of drug-likeness (QED) is 0.802. The normalized spacial score (nSPS) is 19.5. The van der Waals surface area contributed by atoms with Crippen LogP contribution in [0.1, 0.15) is 36.7 Å². The molecule has 0 bridgehead atoms. The first kappa shape index (κ1) is 12.1. The highest BCUT2D eigenvalue weighted by Gasteiger charge is 2.22. The van der Waals surface area contributed by atoms with Gasteiger partial charge in [0.05, 0.1) is 0 Å². The first-order valence-corrected chi connectivity index (χ1v) is 6.33. The molecule has 2 rings (SSSR count). The molecule has 1 fully saturated rings. The van der Waals surface area contributed by atoms with Crippen LogP contribution in [0.4, 0.5) is 0 Å². The largest absolute Gasteiger partial charge is 0.336 e. The van der Waals surface area contributed by atoms with Crippen molar-refractivity contribution >= 4 is 5.91 Å². The highest BCUT2D eigenvalue weighted by Crippen LogP contribution is 2.09. The number of carbonyl (C=O) groups is 1. The number of amides is 1. The second-order valence-corrected chi connectivity index (χ2v) is 4.51. The molecular formula is C12H20N4O. The van der Waals surface area contributed by atoms with Gasteiger partial charge in [0, 0.05) is 25.3 Å². The summed E-state index contributed by atoms with van der Waals surface area (Å²) in [5.41, 5.74) is 0.580. The van der Waals surface area contributed by atoms with Crippen LogP contribution in [0.2, 0.25) is 0 Å². The van der Waals surface area contributed by atoms with Crippen molar-refractivity contribution in [2.75, 3.05) is 19.6 Å². The number of hydrogen-bond acceptors (Lipinski definition) is 3. The summed E-state index contributed by atoms with van der Waals surface area (Å²) in [7, 11) is 0. The van der Waals surface area contributed by atoms with E-state index in [0.29, 0.717) is 11.7 Å². The van der Waals surface area contributed by atoms with Gasteiger partial charge >= 0.3 is 0 Å². The van der Waals surface area contributed by atoms with Gasteiger partial charge in [0.15, 0.2) is 0 Å². The van der Waals surface area contributed by atoms with Crippen LogP contribution in [0, 0.1) is 0 Å². The lowest BCUT2D eigenvalue weighted by atomic mass is 10.2. The van der Waals surface area contributed by atoms with E-state index in [0.717, 1.165) is 32.5 Å². The number of aromatic nitrogens is 2. The van der Waals surface area contributed by atoms with Gasteiger partial charge in [0.1, 0.15) is 5.69 Å². The number of rotatable bonds is 5. The monoisotopic (exact) mass is 236 g/mol. The third-order valence-corrected chi connectivity index (χ3v) is 3.12. The van der Waals surface area contributed by atoms with Crippen LogP contribution < -0.4 is 5.32 Å². The Kier molecular flexibility index (Phi) is 4.14. The summed E-state index contributed by atoms with van der Waals surface area (Å²) in [5.74, 6) is 0.0538. The molecule has 0 saturated carbocycles. The van der Waals surface area contributed by atoms with Crippen molar-refractivity contribution in [2.45, 2.75) is 32.2 Å². The van der Waals surface area contributed by atoms with Crippen molar-refractivity contribution in [1.82, 2.24) is 20.4 Å². The van der Waals surface area contributed by atoms with Gasteiger partial charge in [-0.05, 0) is 31.9 Å². The lowest BCUT2D eigenvalue weighted by Gasteiger charge is -2.24. The van der Waals surface area contributed by atoms with Crippen LogP contribution in [0.5, 0.6) is 0 Å². The van der Waals surface area contributed by atoms with E-state index in [1.165, 1.54) is 6.42 Å². The molecule has 1 atom stereocenters. The van der Waals surface area contributed by atoms with Gasteiger partial charge in [0.2, 0.25) is 0 Å². The van der Waals surface area contributed by atoms with Crippen LogP contribution in [0.3, 0.4) is 0 Å². The molecule has 1 aliphatic heterocycles. The van der Waals surface area contributed by atoms with Gasteiger partial charge in [-0.3, -0.25) is 9.89 Å². The minimum absolute atomic E-state index is 0.0538. The molecule has 0 spiro atoms. The Hall–Kier alpha value is -1.36. The van der Waals surface area contributed by atoms with E-state index in [-0.39, 0.29) is 5.91 Å². The molecule has 5 heteroatoms. The zero-order chi connectivity index (χ0) is 12.1. The van der Waals surface area contributed by atoms with Gasteiger partial charge < -0.3 is 10.2 Å². The van der Waals surface area contributed by atoms with Crippen LogP contribution in [-0.2, 0) is 0 Å². The minimum atomic E-state index is 0.0538. The fourth-order valence-corrected chi connectivity index (χ4v) is 2.27. The Labute approximate surface area is 102 Å². The molecule has 94 valence electrons. The molecule has 1 aromatic heterocycles. The van der Waals surface area contributed by atoms with Crippen molar-refractivity contribution in [3.8, 4) is 0 Å². The Morgan fingerprint density at radius 2 is 2.53 bits per heavy atom. The van der Waals surface area contributed by atoms with Gasteiger partial charge in [-0.15, -0.1) is 0 Å². The van der Waals surface area contributed by atoms with Gasteiger partial charge in [-0.25, -0.2) is 0 Å². The summed E-state index contributed by atoms with van der Waals surface area (Å²) in [5, 5.41) is 9.99. The van der Waals surface area contributed by atoms with E-state index in [1.807, 2.05) is 4.90 Å². The number of nitrogens with zero attached hydrogens (tertiary/aromatic N) is 2. The lowest BCUT2D eigenvalue weighted by Crippen LogP contribution is -2.41. The smallest absolute Gasteiger partial charge is 0.271 e. The molecule has 1 amide bonds. The Balaban J connectivity index is 1.98. The number of carbonyl (C=O) groups excluding carboxylic acids is 1. The highest BCUT2D eigenvalue weighted by atomic mass is 16.2. The summed E-state index contributed by atoms with van der Waals surface area (Å²) in [6, 6.07) is 2.18. The summed E-state index contributed by atoms with van der Waals surface area (Å²) >= 11 is 0. The van der Waals surface area contributed by atoms with Crippen molar-refractivity contribution in [1.29, 1.82) is 0 Å². The van der Waals surface area contributed by atoms with Crippen molar-refractivity contribution in [3.05, 3.63) is 18.0 Å². The second kappa shape index (κ2) is 5.82. The van der Waals surface area contributed by atoms with Crippen molar-refractivity contribution in [2.24, 2.45) is 0 Å². The zero-order valence-electron chi connectivity index (χ0n) is 10.3.